The number of nitrogens with two attached hydrogens (primary N) is 1. The van der Waals surface area contributed by atoms with Crippen molar-refractivity contribution in [3.63, 3.8) is 0 Å². The Labute approximate surface area is 106 Å². The third-order valence-corrected chi connectivity index (χ3v) is 2.68. The highest BCUT2D eigenvalue weighted by atomic mass is 19.1. The fourth-order valence-electron chi connectivity index (χ4n) is 1.69. The van der Waals surface area contributed by atoms with Crippen molar-refractivity contribution >= 4 is 5.91 Å². The van der Waals surface area contributed by atoms with Crippen molar-refractivity contribution < 1.29 is 9.18 Å². The monoisotopic (exact) mass is 249 g/mol. The van der Waals surface area contributed by atoms with Gasteiger partial charge in [0.1, 0.15) is 11.9 Å². The molecule has 1 aromatic carbocycles. The van der Waals surface area contributed by atoms with Gasteiger partial charge in [-0.25, -0.2) is 4.39 Å². The van der Waals surface area contributed by atoms with Crippen LogP contribution in [0.5, 0.6) is 0 Å². The van der Waals surface area contributed by atoms with E-state index in [1.54, 1.807) is 18.2 Å². The number of hydrogen-bond donors (Lipinski definition) is 2. The second-order valence-corrected chi connectivity index (χ2v) is 4.40. The largest absolute Gasteiger partial charge is 0.368 e. The molecule has 3 N–H and O–H groups in total. The lowest BCUT2D eigenvalue weighted by Gasteiger charge is -2.19. The Morgan fingerprint density at radius 3 is 2.72 bits per heavy atom. The molecule has 4 nitrogen and oxygen atoms in total. The van der Waals surface area contributed by atoms with Crippen molar-refractivity contribution in [3.05, 3.63) is 35.1 Å². The molecule has 1 unspecified atom stereocenters. The summed E-state index contributed by atoms with van der Waals surface area (Å²) in [5.41, 5.74) is 5.59. The van der Waals surface area contributed by atoms with Crippen LogP contribution in [0.25, 0.3) is 0 Å². The number of primary amides is 1. The summed E-state index contributed by atoms with van der Waals surface area (Å²) in [6.07, 6.45) is 0. The minimum Gasteiger partial charge on any atom is -0.368 e. The van der Waals surface area contributed by atoms with Gasteiger partial charge in [0.15, 0.2) is 0 Å². The summed E-state index contributed by atoms with van der Waals surface area (Å²) in [4.78, 5) is 11.2. The lowest BCUT2D eigenvalue weighted by atomic mass is 10.0. The normalized spacial score (nSPS) is 12.2. The quantitative estimate of drug-likeness (QED) is 0.825. The topological polar surface area (TPSA) is 78.9 Å². The Morgan fingerprint density at radius 1 is 1.56 bits per heavy atom. The Hall–Kier alpha value is -1.93. The SMILES string of the molecule is CC(C)C(NCc1cccc(C#N)c1F)C(N)=O. The first-order valence-corrected chi connectivity index (χ1v) is 5.67. The van der Waals surface area contributed by atoms with Gasteiger partial charge in [0.25, 0.3) is 0 Å². The molecule has 0 aromatic heterocycles. The standard InChI is InChI=1S/C13H16FN3O/c1-8(2)12(13(16)18)17-7-10-5-3-4-9(6-15)11(10)14/h3-5,8,12,17H,7H2,1-2H3,(H2,16,18). The maximum atomic E-state index is 13.7. The molecule has 18 heavy (non-hydrogen) atoms. The summed E-state index contributed by atoms with van der Waals surface area (Å²) in [5, 5.41) is 11.6. The minimum atomic E-state index is -0.556. The lowest BCUT2D eigenvalue weighted by molar-refractivity contribution is -0.121. The number of benzene rings is 1. The zero-order valence-corrected chi connectivity index (χ0v) is 10.4. The number of nitrogens with zero attached hydrogens (tertiary/aromatic N) is 1. The molecule has 0 aliphatic rings. The van der Waals surface area contributed by atoms with E-state index in [2.05, 4.69) is 5.32 Å². The summed E-state index contributed by atoms with van der Waals surface area (Å²) >= 11 is 0. The fourth-order valence-corrected chi connectivity index (χ4v) is 1.69. The number of carbonyl (C=O) groups excluding carboxylic acids is 1. The summed E-state index contributed by atoms with van der Waals surface area (Å²) in [6, 6.07) is 5.84. The highest BCUT2D eigenvalue weighted by Gasteiger charge is 2.19. The Balaban J connectivity index is 2.81. The number of nitrogens with one attached hydrogen (secondary N) is 1. The first kappa shape index (κ1) is 14.1. The smallest absolute Gasteiger partial charge is 0.234 e. The maximum absolute atomic E-state index is 13.7. The molecule has 0 spiro atoms. The second kappa shape index (κ2) is 6.12. The number of halogens is 1. The van der Waals surface area contributed by atoms with Crippen LogP contribution in [-0.4, -0.2) is 11.9 Å². The molecule has 0 saturated heterocycles. The molecule has 96 valence electrons. The van der Waals surface area contributed by atoms with E-state index in [9.17, 15) is 9.18 Å². The zero-order chi connectivity index (χ0) is 13.7. The average molecular weight is 249 g/mol. The molecular formula is C13H16FN3O. The van der Waals surface area contributed by atoms with Gasteiger partial charge in [-0.15, -0.1) is 0 Å². The molecule has 0 bridgehead atoms. The van der Waals surface area contributed by atoms with E-state index in [1.807, 2.05) is 13.8 Å². The van der Waals surface area contributed by atoms with Crippen molar-refractivity contribution in [2.75, 3.05) is 0 Å². The van der Waals surface area contributed by atoms with Crippen LogP contribution in [0.1, 0.15) is 25.0 Å². The van der Waals surface area contributed by atoms with Gasteiger partial charge in [-0.3, -0.25) is 4.79 Å². The number of amides is 1. The molecule has 0 heterocycles. The predicted molar refractivity (Wildman–Crippen MR) is 65.8 cm³/mol. The van der Waals surface area contributed by atoms with Gasteiger partial charge < -0.3 is 11.1 Å². The van der Waals surface area contributed by atoms with Crippen molar-refractivity contribution in [1.29, 1.82) is 5.26 Å². The van der Waals surface area contributed by atoms with Crippen molar-refractivity contribution in [1.82, 2.24) is 5.32 Å². The van der Waals surface area contributed by atoms with E-state index < -0.39 is 17.8 Å². The molecule has 1 aromatic rings. The molecule has 0 aliphatic carbocycles. The molecule has 1 rings (SSSR count). The fraction of sp³-hybridized carbons (Fsp3) is 0.385. The van der Waals surface area contributed by atoms with Crippen LogP contribution in [0.15, 0.2) is 18.2 Å². The molecule has 0 fully saturated rings. The van der Waals surface area contributed by atoms with Gasteiger partial charge >= 0.3 is 0 Å². The molecule has 5 heteroatoms. The zero-order valence-electron chi connectivity index (χ0n) is 10.4. The van der Waals surface area contributed by atoms with Crippen LogP contribution in [0.4, 0.5) is 4.39 Å². The first-order chi connectivity index (χ1) is 8.47. The van der Waals surface area contributed by atoms with Gasteiger partial charge in [-0.1, -0.05) is 26.0 Å². The summed E-state index contributed by atoms with van der Waals surface area (Å²) in [5.74, 6) is -1.01. The Morgan fingerprint density at radius 2 is 2.22 bits per heavy atom. The minimum absolute atomic E-state index is 0.00512. The van der Waals surface area contributed by atoms with E-state index in [-0.39, 0.29) is 18.0 Å². The third-order valence-electron chi connectivity index (χ3n) is 2.68. The summed E-state index contributed by atoms with van der Waals surface area (Å²) in [7, 11) is 0. The van der Waals surface area contributed by atoms with E-state index in [0.717, 1.165) is 0 Å². The van der Waals surface area contributed by atoms with Gasteiger partial charge in [-0.2, -0.15) is 5.26 Å². The van der Waals surface area contributed by atoms with Crippen molar-refractivity contribution in [2.24, 2.45) is 11.7 Å². The van der Waals surface area contributed by atoms with Crippen LogP contribution in [0.2, 0.25) is 0 Å². The van der Waals surface area contributed by atoms with Crippen molar-refractivity contribution in [2.45, 2.75) is 26.4 Å². The molecule has 1 amide bonds. The number of nitriles is 1. The maximum Gasteiger partial charge on any atom is 0.234 e. The van der Waals surface area contributed by atoms with E-state index in [0.29, 0.717) is 5.56 Å². The Bertz CT molecular complexity index is 480. The van der Waals surface area contributed by atoms with Gasteiger partial charge in [0, 0.05) is 12.1 Å². The predicted octanol–water partition coefficient (Wildman–Crippen LogP) is 1.30. The highest BCUT2D eigenvalue weighted by molar-refractivity contribution is 5.80. The van der Waals surface area contributed by atoms with Gasteiger partial charge in [0.2, 0.25) is 5.91 Å². The number of carbonyl (C=O) groups is 1. The molecule has 0 saturated carbocycles. The molecular weight excluding hydrogens is 233 g/mol. The van der Waals surface area contributed by atoms with Crippen LogP contribution >= 0.6 is 0 Å². The average Bonchev–Trinajstić information content (AvgIpc) is 2.30. The molecule has 0 radical (unpaired) electrons. The summed E-state index contributed by atoms with van der Waals surface area (Å²) in [6.45, 7) is 3.86. The number of hydrogen-bond acceptors (Lipinski definition) is 3. The van der Waals surface area contributed by atoms with E-state index in [1.165, 1.54) is 6.07 Å². The number of rotatable bonds is 5. The lowest BCUT2D eigenvalue weighted by Crippen LogP contribution is -2.44. The van der Waals surface area contributed by atoms with Crippen LogP contribution in [0, 0.1) is 23.1 Å². The van der Waals surface area contributed by atoms with Gasteiger partial charge in [-0.05, 0) is 12.0 Å². The Kier molecular flexibility index (Phi) is 4.81. The second-order valence-electron chi connectivity index (χ2n) is 4.40. The third kappa shape index (κ3) is 3.28. The van der Waals surface area contributed by atoms with E-state index >= 15 is 0 Å². The van der Waals surface area contributed by atoms with Crippen LogP contribution < -0.4 is 11.1 Å². The van der Waals surface area contributed by atoms with Crippen LogP contribution in [-0.2, 0) is 11.3 Å². The van der Waals surface area contributed by atoms with Gasteiger partial charge in [0.05, 0.1) is 11.6 Å². The van der Waals surface area contributed by atoms with Crippen molar-refractivity contribution in [3.8, 4) is 6.07 Å². The van der Waals surface area contributed by atoms with E-state index in [4.69, 9.17) is 11.0 Å². The molecule has 1 atom stereocenters. The molecule has 0 aliphatic heterocycles. The van der Waals surface area contributed by atoms with Crippen LogP contribution in [0.3, 0.4) is 0 Å². The first-order valence-electron chi connectivity index (χ1n) is 5.67. The highest BCUT2D eigenvalue weighted by Crippen LogP contribution is 2.12. The summed E-state index contributed by atoms with van der Waals surface area (Å²) < 4.78 is 13.7.